The SMILES string of the molecule is C[C@@H]1N=c2c(O)c3c4c5c2C(CCN5[C@H](C(=O)O)CC=4C=N3)N1. The Balaban J connectivity index is 1.94. The van der Waals surface area contributed by atoms with Crippen LogP contribution in [0.15, 0.2) is 9.98 Å². The van der Waals surface area contributed by atoms with Crippen molar-refractivity contribution in [1.82, 2.24) is 5.32 Å². The third kappa shape index (κ3) is 1.50. The van der Waals surface area contributed by atoms with Crippen molar-refractivity contribution in [1.29, 1.82) is 0 Å². The van der Waals surface area contributed by atoms with Gasteiger partial charge in [-0.25, -0.2) is 4.79 Å². The van der Waals surface area contributed by atoms with E-state index in [4.69, 9.17) is 0 Å². The van der Waals surface area contributed by atoms with Gasteiger partial charge in [-0.15, -0.1) is 0 Å². The number of hydrogen-bond donors (Lipinski definition) is 3. The van der Waals surface area contributed by atoms with Crippen LogP contribution in [0.2, 0.25) is 0 Å². The van der Waals surface area contributed by atoms with Crippen LogP contribution in [0, 0.1) is 0 Å². The molecule has 0 saturated carbocycles. The average Bonchev–Trinajstić information content (AvgIpc) is 2.95. The lowest BCUT2D eigenvalue weighted by atomic mass is 9.86. The second-order valence-corrected chi connectivity index (χ2v) is 6.53. The molecular formula is C16H16N4O3. The van der Waals surface area contributed by atoms with Crippen molar-refractivity contribution >= 4 is 29.1 Å². The van der Waals surface area contributed by atoms with Crippen LogP contribution in [0.4, 0.5) is 11.4 Å². The van der Waals surface area contributed by atoms with Gasteiger partial charge in [0, 0.05) is 36.0 Å². The number of nitrogens with zero attached hydrogens (tertiary/aromatic N) is 3. The van der Waals surface area contributed by atoms with Gasteiger partial charge in [-0.3, -0.25) is 15.3 Å². The Hall–Kier alpha value is -2.41. The van der Waals surface area contributed by atoms with Crippen LogP contribution in [0.25, 0.3) is 5.57 Å². The molecule has 1 aromatic carbocycles. The molecule has 23 heavy (non-hydrogen) atoms. The topological polar surface area (TPSA) is 97.5 Å². The molecule has 1 aromatic rings. The van der Waals surface area contributed by atoms with Crippen LogP contribution in [-0.2, 0) is 4.79 Å². The van der Waals surface area contributed by atoms with Crippen molar-refractivity contribution in [3.63, 3.8) is 0 Å². The summed E-state index contributed by atoms with van der Waals surface area (Å²) in [6.45, 7) is 2.63. The van der Waals surface area contributed by atoms with Gasteiger partial charge in [0.1, 0.15) is 17.1 Å². The second-order valence-electron chi connectivity index (χ2n) is 6.53. The molecule has 118 valence electrons. The lowest BCUT2D eigenvalue weighted by molar-refractivity contribution is -0.138. The largest absolute Gasteiger partial charge is 0.504 e. The minimum absolute atomic E-state index is 0.0807. The zero-order valence-electron chi connectivity index (χ0n) is 12.6. The van der Waals surface area contributed by atoms with Crippen LogP contribution >= 0.6 is 0 Å². The fourth-order valence-corrected chi connectivity index (χ4v) is 4.33. The maximum absolute atomic E-state index is 11.7. The van der Waals surface area contributed by atoms with E-state index < -0.39 is 12.0 Å². The summed E-state index contributed by atoms with van der Waals surface area (Å²) in [6, 6.07) is -0.488. The molecule has 0 fully saturated rings. The van der Waals surface area contributed by atoms with E-state index in [2.05, 4.69) is 15.3 Å². The Morgan fingerprint density at radius 2 is 2.30 bits per heavy atom. The third-order valence-electron chi connectivity index (χ3n) is 5.24. The summed E-state index contributed by atoms with van der Waals surface area (Å²) in [5, 5.41) is 25.2. The van der Waals surface area contributed by atoms with Crippen molar-refractivity contribution in [2.24, 2.45) is 9.98 Å². The van der Waals surface area contributed by atoms with Gasteiger partial charge in [0.05, 0.1) is 11.9 Å². The van der Waals surface area contributed by atoms with Crippen LogP contribution in [0.1, 0.15) is 31.4 Å². The van der Waals surface area contributed by atoms with Crippen LogP contribution < -0.4 is 20.8 Å². The van der Waals surface area contributed by atoms with E-state index in [1.807, 2.05) is 11.8 Å². The van der Waals surface area contributed by atoms with E-state index >= 15 is 0 Å². The summed E-state index contributed by atoms with van der Waals surface area (Å²) in [5.74, 6) is -0.696. The number of nitrogens with one attached hydrogen (secondary N) is 1. The number of aliphatic imine (C=N–C) groups is 1. The molecule has 3 N–H and O–H groups in total. The summed E-state index contributed by atoms with van der Waals surface area (Å²) in [4.78, 5) is 22.6. The molecule has 4 aliphatic heterocycles. The number of benzene rings is 1. The number of phenolic OH excluding ortho intramolecular Hbond substituents is 1. The highest BCUT2D eigenvalue weighted by atomic mass is 16.4. The first kappa shape index (κ1) is 13.1. The van der Waals surface area contributed by atoms with Gasteiger partial charge < -0.3 is 15.1 Å². The summed E-state index contributed by atoms with van der Waals surface area (Å²) < 4.78 is 0. The number of carboxylic acid groups (broad SMARTS) is 1. The molecule has 4 heterocycles. The quantitative estimate of drug-likeness (QED) is 0.675. The van der Waals surface area contributed by atoms with Crippen molar-refractivity contribution in [3.8, 4) is 5.75 Å². The van der Waals surface area contributed by atoms with E-state index in [1.54, 1.807) is 6.21 Å². The minimum Gasteiger partial charge on any atom is -0.504 e. The number of carboxylic acids is 1. The molecular weight excluding hydrogens is 296 g/mol. The van der Waals surface area contributed by atoms with Gasteiger partial charge in [-0.05, 0) is 18.9 Å². The summed E-state index contributed by atoms with van der Waals surface area (Å²) in [5.41, 5.74) is 3.27. The van der Waals surface area contributed by atoms with Gasteiger partial charge in [0.2, 0.25) is 0 Å². The van der Waals surface area contributed by atoms with E-state index in [1.165, 1.54) is 0 Å². The van der Waals surface area contributed by atoms with Gasteiger partial charge in [0.15, 0.2) is 5.75 Å². The minimum atomic E-state index is -0.820. The molecule has 7 heteroatoms. The van der Waals surface area contributed by atoms with Gasteiger partial charge in [0.25, 0.3) is 0 Å². The highest BCUT2D eigenvalue weighted by molar-refractivity contribution is 6.11. The summed E-state index contributed by atoms with van der Waals surface area (Å²) >= 11 is 0. The van der Waals surface area contributed by atoms with Gasteiger partial charge >= 0.3 is 5.97 Å². The number of hydrogen-bond acceptors (Lipinski definition) is 6. The highest BCUT2D eigenvalue weighted by Crippen LogP contribution is 2.41. The molecule has 0 aromatic heterocycles. The van der Waals surface area contributed by atoms with Crippen molar-refractivity contribution in [2.45, 2.75) is 38.0 Å². The monoisotopic (exact) mass is 312 g/mol. The highest BCUT2D eigenvalue weighted by Gasteiger charge is 2.42. The fraction of sp³-hybridized carbons (Fsp3) is 0.438. The first-order valence-electron chi connectivity index (χ1n) is 7.85. The smallest absolute Gasteiger partial charge is 0.326 e. The normalized spacial score (nSPS) is 29.3. The number of rotatable bonds is 1. The number of anilines is 1. The maximum Gasteiger partial charge on any atom is 0.326 e. The molecule has 1 unspecified atom stereocenters. The van der Waals surface area contributed by atoms with Crippen LogP contribution in [0.3, 0.4) is 0 Å². The molecule has 4 aliphatic rings. The van der Waals surface area contributed by atoms with E-state index in [0.29, 0.717) is 24.0 Å². The Morgan fingerprint density at radius 3 is 3.09 bits per heavy atom. The Morgan fingerprint density at radius 1 is 1.48 bits per heavy atom. The molecule has 0 spiro atoms. The zero-order chi connectivity index (χ0) is 15.9. The first-order chi connectivity index (χ1) is 11.1. The Bertz CT molecular complexity index is 920. The molecule has 3 atom stereocenters. The molecule has 0 bridgehead atoms. The van der Waals surface area contributed by atoms with E-state index in [-0.39, 0.29) is 18.0 Å². The number of aromatic hydroxyl groups is 1. The van der Waals surface area contributed by atoms with Gasteiger partial charge in [-0.2, -0.15) is 0 Å². The second kappa shape index (κ2) is 4.11. The number of phenols is 1. The first-order valence-corrected chi connectivity index (χ1v) is 7.85. The lowest BCUT2D eigenvalue weighted by Gasteiger charge is -2.43. The number of carbonyl (C=O) groups is 1. The van der Waals surface area contributed by atoms with Crippen molar-refractivity contribution in [2.75, 3.05) is 11.4 Å². The molecule has 0 radical (unpaired) electrons. The van der Waals surface area contributed by atoms with Crippen LogP contribution in [0.5, 0.6) is 5.75 Å². The predicted molar refractivity (Wildman–Crippen MR) is 83.8 cm³/mol. The maximum atomic E-state index is 11.7. The predicted octanol–water partition coefficient (Wildman–Crippen LogP) is -0.0643. The summed E-state index contributed by atoms with van der Waals surface area (Å²) in [6.07, 6.45) is 2.84. The van der Waals surface area contributed by atoms with E-state index in [0.717, 1.165) is 28.5 Å². The van der Waals surface area contributed by atoms with Gasteiger partial charge in [-0.1, -0.05) is 0 Å². The Labute approximate surface area is 131 Å². The molecule has 0 saturated heterocycles. The number of aliphatic carboxylic acids is 1. The third-order valence-corrected chi connectivity index (χ3v) is 5.24. The molecule has 5 rings (SSSR count). The van der Waals surface area contributed by atoms with Crippen LogP contribution in [-0.4, -0.2) is 41.1 Å². The standard InChI is InChI=1S/C16H16N4O3/c1-6-18-8-2-3-20-9(16(22)23)4-7-5-17-12-10(7)14(20)11(8)13(19-6)15(12)21/h5-6,8-9,18,21H,2-4H2,1H3,(H,22,23)/t6-,8?,9-/m0/s1. The molecule has 0 amide bonds. The fourth-order valence-electron chi connectivity index (χ4n) is 4.33. The summed E-state index contributed by atoms with van der Waals surface area (Å²) in [7, 11) is 0. The van der Waals surface area contributed by atoms with E-state index in [9.17, 15) is 15.0 Å². The van der Waals surface area contributed by atoms with Crippen molar-refractivity contribution in [3.05, 3.63) is 16.1 Å². The lowest BCUT2D eigenvalue weighted by Crippen LogP contribution is -2.54. The average molecular weight is 312 g/mol. The molecule has 0 aliphatic carbocycles. The zero-order valence-corrected chi connectivity index (χ0v) is 12.6. The Kier molecular flexibility index (Phi) is 2.33. The molecule has 7 nitrogen and oxygen atoms in total. The van der Waals surface area contributed by atoms with Crippen molar-refractivity contribution < 1.29 is 15.0 Å².